The molecule has 0 spiro atoms. The maximum atomic E-state index is 13.8. The van der Waals surface area contributed by atoms with Crippen LogP contribution in [0.3, 0.4) is 0 Å². The first-order chi connectivity index (χ1) is 15.5. The van der Waals surface area contributed by atoms with Crippen LogP contribution in [0.1, 0.15) is 23.2 Å². The SMILES string of the molecule is O=C(N[C@@H](CO)[C@H]1CCCO1)c1cc(-c2ccc(Cl)cc2)nn(-c2cccc(F)c2)c1=O. The lowest BCUT2D eigenvalue weighted by molar-refractivity contribution is 0.0502. The molecule has 3 aromatic rings. The largest absolute Gasteiger partial charge is 0.394 e. The number of aliphatic hydroxyl groups is 1. The molecule has 166 valence electrons. The number of nitrogens with zero attached hydrogens (tertiary/aromatic N) is 2. The minimum Gasteiger partial charge on any atom is -0.394 e. The molecular weight excluding hydrogens is 437 g/mol. The van der Waals surface area contributed by atoms with E-state index in [0.717, 1.165) is 17.2 Å². The van der Waals surface area contributed by atoms with Crippen molar-refractivity contribution in [3.05, 3.63) is 81.4 Å². The van der Waals surface area contributed by atoms with Crippen molar-refractivity contribution in [2.24, 2.45) is 0 Å². The molecule has 0 saturated carbocycles. The zero-order chi connectivity index (χ0) is 22.7. The molecule has 0 radical (unpaired) electrons. The van der Waals surface area contributed by atoms with E-state index in [9.17, 15) is 19.1 Å². The Morgan fingerprint density at radius 1 is 1.28 bits per heavy atom. The van der Waals surface area contributed by atoms with E-state index in [1.807, 2.05) is 0 Å². The van der Waals surface area contributed by atoms with Crippen LogP contribution in [-0.2, 0) is 4.74 Å². The van der Waals surface area contributed by atoms with Gasteiger partial charge in [-0.3, -0.25) is 9.59 Å². The minimum absolute atomic E-state index is 0.178. The minimum atomic E-state index is -0.713. The van der Waals surface area contributed by atoms with E-state index in [1.165, 1.54) is 24.3 Å². The molecule has 2 atom stereocenters. The number of hydrogen-bond acceptors (Lipinski definition) is 5. The number of aliphatic hydroxyl groups excluding tert-OH is 1. The van der Waals surface area contributed by atoms with Crippen LogP contribution in [0.25, 0.3) is 16.9 Å². The first kappa shape index (κ1) is 22.1. The molecule has 1 fully saturated rings. The number of rotatable bonds is 6. The second kappa shape index (κ2) is 9.60. The van der Waals surface area contributed by atoms with E-state index in [4.69, 9.17) is 16.3 Å². The molecule has 0 aliphatic carbocycles. The van der Waals surface area contributed by atoms with Crippen LogP contribution in [0.4, 0.5) is 4.39 Å². The summed E-state index contributed by atoms with van der Waals surface area (Å²) in [7, 11) is 0. The van der Waals surface area contributed by atoms with Crippen LogP contribution in [0.15, 0.2) is 59.4 Å². The Morgan fingerprint density at radius 2 is 2.06 bits per heavy atom. The number of benzene rings is 2. The number of carbonyl (C=O) groups excluding carboxylic acids is 1. The predicted molar refractivity (Wildman–Crippen MR) is 118 cm³/mol. The number of amides is 1. The Labute approximate surface area is 188 Å². The second-order valence-electron chi connectivity index (χ2n) is 7.46. The van der Waals surface area contributed by atoms with Gasteiger partial charge in [0.25, 0.3) is 11.5 Å². The molecular formula is C23H21ClFN3O4. The van der Waals surface area contributed by atoms with Gasteiger partial charge in [0.05, 0.1) is 30.1 Å². The maximum Gasteiger partial charge on any atom is 0.284 e. The zero-order valence-electron chi connectivity index (χ0n) is 17.0. The van der Waals surface area contributed by atoms with Crippen molar-refractivity contribution in [2.75, 3.05) is 13.2 Å². The van der Waals surface area contributed by atoms with Crippen molar-refractivity contribution in [1.82, 2.24) is 15.1 Å². The molecule has 0 unspecified atom stereocenters. The summed E-state index contributed by atoms with van der Waals surface area (Å²) in [6, 6.07) is 12.8. The van der Waals surface area contributed by atoms with Gasteiger partial charge >= 0.3 is 0 Å². The quantitative estimate of drug-likeness (QED) is 0.593. The molecule has 7 nitrogen and oxygen atoms in total. The van der Waals surface area contributed by atoms with Crippen molar-refractivity contribution in [3.63, 3.8) is 0 Å². The highest BCUT2D eigenvalue weighted by molar-refractivity contribution is 6.30. The summed E-state index contributed by atoms with van der Waals surface area (Å²) >= 11 is 5.97. The Bertz CT molecular complexity index is 1180. The fourth-order valence-electron chi connectivity index (χ4n) is 3.62. The van der Waals surface area contributed by atoms with Gasteiger partial charge in [-0.25, -0.2) is 4.39 Å². The maximum absolute atomic E-state index is 13.8. The number of ether oxygens (including phenoxy) is 1. The molecule has 2 heterocycles. The third-order valence-electron chi connectivity index (χ3n) is 5.28. The third-order valence-corrected chi connectivity index (χ3v) is 5.53. The standard InChI is InChI=1S/C23H21ClFN3O4/c24-15-8-6-14(7-9-15)19-12-18(22(30)26-20(13-29)21-5-2-10-32-21)23(31)28(27-19)17-4-1-3-16(25)11-17/h1,3-4,6-9,11-12,20-21,29H,2,5,10,13H2,(H,26,30)/t20-,21+/m0/s1. The van der Waals surface area contributed by atoms with Crippen molar-refractivity contribution in [3.8, 4) is 16.9 Å². The lowest BCUT2D eigenvalue weighted by Crippen LogP contribution is -2.47. The fraction of sp³-hybridized carbons (Fsp3) is 0.261. The predicted octanol–water partition coefficient (Wildman–Crippen LogP) is 2.96. The van der Waals surface area contributed by atoms with Gasteiger partial charge in [-0.05, 0) is 49.2 Å². The van der Waals surface area contributed by atoms with Crippen LogP contribution in [0, 0.1) is 5.82 Å². The summed E-state index contributed by atoms with van der Waals surface area (Å²) in [5, 5.41) is 17.3. The molecule has 1 aromatic heterocycles. The number of carbonyl (C=O) groups is 1. The van der Waals surface area contributed by atoms with Gasteiger partial charge in [-0.2, -0.15) is 9.78 Å². The number of hydrogen-bond donors (Lipinski definition) is 2. The average molecular weight is 458 g/mol. The first-order valence-electron chi connectivity index (χ1n) is 10.2. The van der Waals surface area contributed by atoms with Gasteiger partial charge < -0.3 is 15.2 Å². The van der Waals surface area contributed by atoms with Gasteiger partial charge in [0.15, 0.2) is 0 Å². The highest BCUT2D eigenvalue weighted by Gasteiger charge is 2.28. The van der Waals surface area contributed by atoms with Crippen LogP contribution in [0.2, 0.25) is 5.02 Å². The van der Waals surface area contributed by atoms with Crippen LogP contribution in [0.5, 0.6) is 0 Å². The molecule has 2 N–H and O–H groups in total. The van der Waals surface area contributed by atoms with E-state index in [2.05, 4.69) is 10.4 Å². The summed E-state index contributed by atoms with van der Waals surface area (Å²) in [6.07, 6.45) is 1.21. The molecule has 1 aliphatic rings. The van der Waals surface area contributed by atoms with E-state index >= 15 is 0 Å². The third kappa shape index (κ3) is 4.72. The van der Waals surface area contributed by atoms with Gasteiger partial charge in [-0.15, -0.1) is 0 Å². The van der Waals surface area contributed by atoms with Gasteiger partial charge in [-0.1, -0.05) is 29.8 Å². The highest BCUT2D eigenvalue weighted by atomic mass is 35.5. The van der Waals surface area contributed by atoms with Crippen LogP contribution in [-0.4, -0.2) is 46.2 Å². The van der Waals surface area contributed by atoms with Crippen molar-refractivity contribution < 1.29 is 19.0 Å². The molecule has 9 heteroatoms. The molecule has 1 saturated heterocycles. The van der Waals surface area contributed by atoms with Gasteiger partial charge in [0.1, 0.15) is 11.4 Å². The molecule has 2 aromatic carbocycles. The first-order valence-corrected chi connectivity index (χ1v) is 10.5. The van der Waals surface area contributed by atoms with Gasteiger partial charge in [0.2, 0.25) is 0 Å². The Balaban J connectivity index is 1.78. The average Bonchev–Trinajstić information content (AvgIpc) is 3.33. The number of halogens is 2. The van der Waals surface area contributed by atoms with Crippen molar-refractivity contribution >= 4 is 17.5 Å². The molecule has 0 bridgehead atoms. The van der Waals surface area contributed by atoms with E-state index in [1.54, 1.807) is 24.3 Å². The molecule has 1 amide bonds. The summed E-state index contributed by atoms with van der Waals surface area (Å²) in [5.74, 6) is -1.22. The highest BCUT2D eigenvalue weighted by Crippen LogP contribution is 2.21. The monoisotopic (exact) mass is 457 g/mol. The number of aromatic nitrogens is 2. The smallest absolute Gasteiger partial charge is 0.284 e. The zero-order valence-corrected chi connectivity index (χ0v) is 17.8. The fourth-order valence-corrected chi connectivity index (χ4v) is 3.75. The van der Waals surface area contributed by atoms with E-state index < -0.39 is 23.3 Å². The Hall–Kier alpha value is -3.07. The summed E-state index contributed by atoms with van der Waals surface area (Å²) < 4.78 is 20.4. The topological polar surface area (TPSA) is 93.4 Å². The Kier molecular flexibility index (Phi) is 6.64. The second-order valence-corrected chi connectivity index (χ2v) is 7.90. The van der Waals surface area contributed by atoms with E-state index in [-0.39, 0.29) is 24.0 Å². The van der Waals surface area contributed by atoms with Crippen molar-refractivity contribution in [2.45, 2.75) is 25.0 Å². The summed E-state index contributed by atoms with van der Waals surface area (Å²) in [5.41, 5.74) is 0.220. The Morgan fingerprint density at radius 3 is 2.72 bits per heavy atom. The number of nitrogens with one attached hydrogen (secondary N) is 1. The van der Waals surface area contributed by atoms with Crippen LogP contribution < -0.4 is 10.9 Å². The van der Waals surface area contributed by atoms with Crippen LogP contribution >= 0.6 is 11.6 Å². The molecule has 32 heavy (non-hydrogen) atoms. The van der Waals surface area contributed by atoms with Crippen molar-refractivity contribution in [1.29, 1.82) is 0 Å². The summed E-state index contributed by atoms with van der Waals surface area (Å²) in [6.45, 7) is 0.225. The lowest BCUT2D eigenvalue weighted by Gasteiger charge is -2.22. The lowest BCUT2D eigenvalue weighted by atomic mass is 10.1. The molecule has 4 rings (SSSR count). The summed E-state index contributed by atoms with van der Waals surface area (Å²) in [4.78, 5) is 26.2. The van der Waals surface area contributed by atoms with Gasteiger partial charge in [0, 0.05) is 17.2 Å². The molecule has 1 aliphatic heterocycles. The van der Waals surface area contributed by atoms with E-state index in [0.29, 0.717) is 29.3 Å². The normalized spacial score (nSPS) is 16.7.